The van der Waals surface area contributed by atoms with E-state index in [4.69, 9.17) is 33.9 Å². The van der Waals surface area contributed by atoms with Crippen molar-refractivity contribution in [3.63, 3.8) is 0 Å². The topological polar surface area (TPSA) is 64.2 Å². The van der Waals surface area contributed by atoms with Gasteiger partial charge in [-0.05, 0) is 62.5 Å². The molecular weight excluding hydrogens is 443 g/mol. The summed E-state index contributed by atoms with van der Waals surface area (Å²) in [4.78, 5) is 20.5. The Bertz CT molecular complexity index is 1200. The van der Waals surface area contributed by atoms with Gasteiger partial charge in [0.1, 0.15) is 11.6 Å². The third kappa shape index (κ3) is 3.33. The molecule has 1 atom stereocenters. The van der Waals surface area contributed by atoms with E-state index in [1.54, 1.807) is 4.57 Å². The fourth-order valence-corrected chi connectivity index (χ4v) is 6.15. The summed E-state index contributed by atoms with van der Waals surface area (Å²) in [5, 5.41) is 0.933. The lowest BCUT2D eigenvalue weighted by Crippen LogP contribution is -2.45. The zero-order valence-electron chi connectivity index (χ0n) is 18.5. The molecule has 7 heteroatoms. The molecule has 0 amide bonds. The number of nitrogens with two attached hydrogens (primary N) is 1. The van der Waals surface area contributed by atoms with Crippen LogP contribution in [0.2, 0.25) is 0 Å². The molecule has 0 bridgehead atoms. The summed E-state index contributed by atoms with van der Waals surface area (Å²) in [6.45, 7) is 5.41. The predicted octanol–water partition coefficient (Wildman–Crippen LogP) is 5.03. The predicted molar refractivity (Wildman–Crippen MR) is 131 cm³/mol. The van der Waals surface area contributed by atoms with Gasteiger partial charge in [-0.25, -0.2) is 4.98 Å². The summed E-state index contributed by atoms with van der Waals surface area (Å²) < 4.78 is 1.63. The van der Waals surface area contributed by atoms with Crippen LogP contribution in [0.25, 0.3) is 5.70 Å². The number of benzene rings is 1. The van der Waals surface area contributed by atoms with Crippen molar-refractivity contribution in [3.05, 3.63) is 73.3 Å². The quantitative estimate of drug-likeness (QED) is 0.668. The van der Waals surface area contributed by atoms with Gasteiger partial charge in [0.15, 0.2) is 0 Å². The Morgan fingerprint density at radius 2 is 1.88 bits per heavy atom. The van der Waals surface area contributed by atoms with Crippen molar-refractivity contribution in [1.29, 1.82) is 0 Å². The number of allylic oxidation sites excluding steroid dienone is 4. The Balaban J connectivity index is 1.43. The molecule has 0 unspecified atom stereocenters. The van der Waals surface area contributed by atoms with Crippen molar-refractivity contribution < 1.29 is 0 Å². The maximum Gasteiger partial charge on any atom is 0.262 e. The van der Waals surface area contributed by atoms with Crippen molar-refractivity contribution >= 4 is 34.7 Å². The zero-order valence-corrected chi connectivity index (χ0v) is 20.0. The number of nitrogens with zero attached hydrogens (tertiary/aromatic N) is 3. The summed E-state index contributed by atoms with van der Waals surface area (Å²) in [6, 6.07) is 8.62. The number of halogens is 2. The fraction of sp³-hybridized carbons (Fsp3) is 0.440. The first kappa shape index (κ1) is 21.7. The van der Waals surface area contributed by atoms with Crippen molar-refractivity contribution in [2.75, 3.05) is 18.0 Å². The molecule has 0 radical (unpaired) electrons. The van der Waals surface area contributed by atoms with Crippen LogP contribution in [0.1, 0.15) is 54.2 Å². The van der Waals surface area contributed by atoms with Crippen LogP contribution in [-0.2, 0) is 6.42 Å². The Morgan fingerprint density at radius 1 is 1.16 bits per heavy atom. The van der Waals surface area contributed by atoms with Crippen molar-refractivity contribution in [1.82, 2.24) is 9.55 Å². The first-order valence-corrected chi connectivity index (χ1v) is 12.0. The Morgan fingerprint density at radius 3 is 2.59 bits per heavy atom. The molecule has 1 fully saturated rings. The lowest BCUT2D eigenvalue weighted by molar-refractivity contribution is 0.187. The highest BCUT2D eigenvalue weighted by atomic mass is 35.5. The zero-order chi connectivity index (χ0) is 22.6. The number of rotatable bonds is 2. The summed E-state index contributed by atoms with van der Waals surface area (Å²) in [5.74, 6) is 1.41. The third-order valence-corrected chi connectivity index (χ3v) is 8.40. The van der Waals surface area contributed by atoms with Gasteiger partial charge in [-0.3, -0.25) is 9.36 Å². The van der Waals surface area contributed by atoms with Crippen LogP contribution >= 0.6 is 23.2 Å². The van der Waals surface area contributed by atoms with Gasteiger partial charge in [0.25, 0.3) is 5.56 Å². The molecular formula is C25H28Cl2N4O. The molecule has 1 spiro atoms. The molecule has 3 aliphatic rings. The van der Waals surface area contributed by atoms with Gasteiger partial charge in [-0.1, -0.05) is 53.5 Å². The molecule has 2 N–H and O–H groups in total. The number of anilines is 1. The molecule has 5 rings (SSSR count). The molecule has 1 aromatic heterocycles. The van der Waals surface area contributed by atoms with E-state index in [1.165, 1.54) is 11.1 Å². The Kier molecular flexibility index (Phi) is 5.47. The summed E-state index contributed by atoms with van der Waals surface area (Å²) >= 11 is 12.7. The van der Waals surface area contributed by atoms with Gasteiger partial charge in [0.2, 0.25) is 0 Å². The molecule has 0 saturated carbocycles. The first-order chi connectivity index (χ1) is 15.3. The monoisotopic (exact) mass is 470 g/mol. The number of hydrogen-bond donors (Lipinski definition) is 1. The van der Waals surface area contributed by atoms with Gasteiger partial charge in [-0.15, -0.1) is 0 Å². The molecule has 32 heavy (non-hydrogen) atoms. The lowest BCUT2D eigenvalue weighted by Gasteiger charge is -2.43. The van der Waals surface area contributed by atoms with Crippen LogP contribution in [0.3, 0.4) is 0 Å². The minimum atomic E-state index is -0.0720. The Labute approximate surface area is 198 Å². The molecule has 1 saturated heterocycles. The molecule has 2 aromatic rings. The van der Waals surface area contributed by atoms with Gasteiger partial charge >= 0.3 is 0 Å². The summed E-state index contributed by atoms with van der Waals surface area (Å²) in [6.07, 6.45) is 6.33. The van der Waals surface area contributed by atoms with Crippen LogP contribution < -0.4 is 16.2 Å². The SMILES string of the molecule is Cc1c(N2CCC3(CC2)Cc2ccccc2[C@H]3N)nc(C)n(C2=C(Cl)C(Cl)=CCC2)c1=O. The smallest absolute Gasteiger partial charge is 0.262 e. The minimum absolute atomic E-state index is 0.0720. The van der Waals surface area contributed by atoms with E-state index in [1.807, 2.05) is 19.9 Å². The summed E-state index contributed by atoms with van der Waals surface area (Å²) in [7, 11) is 0. The first-order valence-electron chi connectivity index (χ1n) is 11.3. The summed E-state index contributed by atoms with van der Waals surface area (Å²) in [5.41, 5.74) is 10.8. The van der Waals surface area contributed by atoms with Crippen LogP contribution in [-0.4, -0.2) is 22.6 Å². The second kappa shape index (κ2) is 8.05. The van der Waals surface area contributed by atoms with Crippen molar-refractivity contribution in [3.8, 4) is 0 Å². The number of aryl methyl sites for hydroxylation is 1. The second-order valence-corrected chi connectivity index (χ2v) is 10.1. The van der Waals surface area contributed by atoms with E-state index < -0.39 is 0 Å². The normalized spacial score (nSPS) is 22.3. The fourth-order valence-electron chi connectivity index (χ4n) is 5.68. The van der Waals surface area contributed by atoms with Gasteiger partial charge in [-0.2, -0.15) is 0 Å². The van der Waals surface area contributed by atoms with Crippen LogP contribution in [0.15, 0.2) is 45.2 Å². The molecule has 2 heterocycles. The molecule has 2 aliphatic carbocycles. The minimum Gasteiger partial charge on any atom is -0.356 e. The van der Waals surface area contributed by atoms with Gasteiger partial charge in [0, 0.05) is 24.8 Å². The average molecular weight is 471 g/mol. The standard InChI is InChI=1S/C25H28Cl2N4O/c1-15-23(29-16(2)31(24(15)32)20-9-5-8-19(26)21(20)27)30-12-10-25(11-13-30)14-17-6-3-4-7-18(17)22(25)28/h3-4,6-8,22H,5,9-14,28H2,1-2H3/t22-/m1/s1. The highest BCUT2D eigenvalue weighted by molar-refractivity contribution is 6.45. The van der Waals surface area contributed by atoms with E-state index in [2.05, 4.69) is 29.2 Å². The van der Waals surface area contributed by atoms with E-state index >= 15 is 0 Å². The number of aromatic nitrogens is 2. The van der Waals surface area contributed by atoms with Gasteiger partial charge in [0.05, 0.1) is 15.6 Å². The van der Waals surface area contributed by atoms with Crippen LogP contribution in [0.5, 0.6) is 0 Å². The largest absolute Gasteiger partial charge is 0.356 e. The number of fused-ring (bicyclic) bond motifs is 1. The van der Waals surface area contributed by atoms with Crippen molar-refractivity contribution in [2.24, 2.45) is 11.1 Å². The highest BCUT2D eigenvalue weighted by Crippen LogP contribution is 2.51. The number of hydrogen-bond acceptors (Lipinski definition) is 4. The lowest BCUT2D eigenvalue weighted by atomic mass is 9.73. The third-order valence-electron chi connectivity index (χ3n) is 7.54. The molecule has 1 aliphatic heterocycles. The molecule has 5 nitrogen and oxygen atoms in total. The molecule has 1 aromatic carbocycles. The van der Waals surface area contributed by atoms with E-state index in [-0.39, 0.29) is 17.0 Å². The maximum absolute atomic E-state index is 13.4. The maximum atomic E-state index is 13.4. The Hall–Kier alpha value is -2.08. The van der Waals surface area contributed by atoms with E-state index in [9.17, 15) is 4.79 Å². The highest BCUT2D eigenvalue weighted by Gasteiger charge is 2.46. The van der Waals surface area contributed by atoms with Crippen molar-refractivity contribution in [2.45, 2.75) is 52.0 Å². The van der Waals surface area contributed by atoms with Crippen LogP contribution in [0, 0.1) is 19.3 Å². The van der Waals surface area contributed by atoms with E-state index in [0.29, 0.717) is 27.9 Å². The van der Waals surface area contributed by atoms with E-state index in [0.717, 1.165) is 50.3 Å². The second-order valence-electron chi connectivity index (χ2n) is 9.30. The van der Waals surface area contributed by atoms with Gasteiger partial charge < -0.3 is 10.6 Å². The average Bonchev–Trinajstić information content (AvgIpc) is 3.06. The number of piperidine rings is 1. The van der Waals surface area contributed by atoms with Crippen LogP contribution in [0.4, 0.5) is 5.82 Å². The molecule has 168 valence electrons.